The molecule has 0 bridgehead atoms. The molecule has 20 atom stereocenters. The van der Waals surface area contributed by atoms with Crippen LogP contribution in [0, 0.1) is 23.7 Å². The van der Waals surface area contributed by atoms with E-state index in [9.17, 15) is 102 Å². The maximum Gasteiger partial charge on any atom is 0.508 e. The van der Waals surface area contributed by atoms with Crippen LogP contribution in [0.3, 0.4) is 0 Å². The summed E-state index contributed by atoms with van der Waals surface area (Å²) < 4.78 is 114. The number of guanidine groups is 3. The molecule has 0 aromatic heterocycles. The molecule has 55 heteroatoms. The number of aliphatic hydroxyl groups excluding tert-OH is 4. The molecule has 55 nitrogen and oxygen atoms in total. The fourth-order valence-electron chi connectivity index (χ4n) is 12.7. The van der Waals surface area contributed by atoms with E-state index in [0.717, 1.165) is 70.0 Å². The zero-order valence-corrected chi connectivity index (χ0v) is 87.1. The Morgan fingerprint density at radius 3 is 0.869 bits per heavy atom. The molecule has 145 heavy (non-hydrogen) atoms. The Hall–Kier alpha value is -14.1. The summed E-state index contributed by atoms with van der Waals surface area (Å²) in [6.45, 7) is 40.9. The van der Waals surface area contributed by atoms with E-state index in [1.165, 1.54) is 24.3 Å². The van der Waals surface area contributed by atoms with Crippen LogP contribution in [-0.4, -0.2) is 327 Å². The van der Waals surface area contributed by atoms with Crippen LogP contribution in [0.15, 0.2) is 67.4 Å². The van der Waals surface area contributed by atoms with E-state index in [2.05, 4.69) is 66.4 Å². The molecule has 0 spiro atoms. The smallest absolute Gasteiger partial charge is 0.480 e. The lowest BCUT2D eigenvalue weighted by Gasteiger charge is -2.39. The maximum absolute atomic E-state index is 12.6. The topological polar surface area (TPSA) is 732 Å². The average Bonchev–Trinajstić information content (AvgIpc) is 1.57. The van der Waals surface area contributed by atoms with Crippen LogP contribution >= 0.6 is 0 Å². The Bertz CT molecular complexity index is 4730. The molecule has 5 aliphatic heterocycles. The number of nitrogens with one attached hydrogen (secondary N) is 6. The van der Waals surface area contributed by atoms with Gasteiger partial charge < -0.3 is 125 Å². The largest absolute Gasteiger partial charge is 0.508 e. The fraction of sp³-hybridized carbons (Fsp3) is 0.689. The second-order valence-electron chi connectivity index (χ2n) is 38.2. The van der Waals surface area contributed by atoms with Crippen LogP contribution in [-0.2, 0) is 152 Å². The molecular weight excluding hydrogens is 1940 g/mol. The Morgan fingerprint density at radius 1 is 0.386 bits per heavy atom. The highest BCUT2D eigenvalue weighted by molar-refractivity contribution is 6.03. The van der Waals surface area contributed by atoms with Gasteiger partial charge in [0.05, 0.1) is 59.2 Å². The van der Waals surface area contributed by atoms with E-state index in [0.29, 0.717) is 0 Å². The van der Waals surface area contributed by atoms with Crippen molar-refractivity contribution in [2.45, 2.75) is 325 Å². The van der Waals surface area contributed by atoms with Crippen molar-refractivity contribution in [3.8, 4) is 0 Å². The molecule has 5 aliphatic rings. The van der Waals surface area contributed by atoms with Crippen molar-refractivity contribution >= 4 is 120 Å². The third-order valence-electron chi connectivity index (χ3n) is 18.6. The first-order chi connectivity index (χ1) is 66.7. The molecule has 6 amide bonds. The molecule has 0 aromatic carbocycles. The average molecular weight is 2080 g/mol. The number of amides is 6. The lowest BCUT2D eigenvalue weighted by molar-refractivity contribution is -0.189. The maximum atomic E-state index is 12.6. The van der Waals surface area contributed by atoms with Crippen LogP contribution < -0.4 is 31.9 Å². The van der Waals surface area contributed by atoms with Gasteiger partial charge in [-0.2, -0.15) is 0 Å². The summed E-state index contributed by atoms with van der Waals surface area (Å²) in [4.78, 5) is 221. The van der Waals surface area contributed by atoms with Crippen molar-refractivity contribution in [1.82, 2.24) is 31.9 Å². The molecule has 5 rings (SSSR count). The summed E-state index contributed by atoms with van der Waals surface area (Å²) in [6, 6.07) is -3.84. The number of carbonyl (C=O) groups excluding carboxylic acids is 17. The van der Waals surface area contributed by atoms with Gasteiger partial charge in [0.15, 0.2) is 30.5 Å². The van der Waals surface area contributed by atoms with Gasteiger partial charge in [0.2, 0.25) is 40.9 Å². The van der Waals surface area contributed by atoms with Crippen LogP contribution in [0.5, 0.6) is 0 Å². The standard InChI is InChI=1S/C28H43N3O13.C23H35N3O11.C22H37N3O10.C17H23N3O9/c1-14-18(29-24(30-25(36)43-27(5,6)7)31-26(37)44-28(8,9)10)12-19(23(35)38-11)42-21(14)22(41-17(4)34)20(40-16(3)33)13-39-15(2)32;1-11-12(9-13(17(28)32-8)34-16(11)15(27)14-10-33-21(31)35-14)24-18(25-19(29)36-22(2,3)4)26-20(30)37-23(5,6)7;1-11-12(9-14(17(29)32-8)33-16(11)15(28)13(27)10-26)23-18(24-19(30)34-21(2,3)4)25-20(31)35-22(5,6)7;1-8-12(19-20-18)6-13(17(24)25-5)29-15(8)16(28-11(4)23)14(27-10(3)22)7-26-9(2)21/h12,14,18,20-22H,13H2,1-11H3,(H2,29,30,31,36,37);9,11-12,14-16,27H,10H2,1-8H3,(H2,24,25,26,29,30);9,11-13,15-16,26-28H,10H2,1-8H3,(H2,23,24,25,30,31);6,8,12,14-16H,7H2,1-5H3/t14-,18+,20-,21-,22-;11-,12+,14-,15-,16-;11-,12+,13-,15-,16-;8-,12+,14-,15-,16-/m1111/s1. The second-order valence-corrected chi connectivity index (χ2v) is 38.2. The van der Waals surface area contributed by atoms with Gasteiger partial charge in [-0.3, -0.25) is 60.7 Å². The Kier molecular flexibility index (Phi) is 49.8. The van der Waals surface area contributed by atoms with E-state index < -0.39 is 283 Å². The van der Waals surface area contributed by atoms with Gasteiger partial charge in [0.25, 0.3) is 0 Å². The number of aliphatic hydroxyl groups is 4. The van der Waals surface area contributed by atoms with E-state index in [4.69, 9.17) is 100 Å². The number of carbonyl (C=O) groups is 17. The third-order valence-corrected chi connectivity index (χ3v) is 18.6. The Balaban J connectivity index is 0.000000660. The molecule has 0 radical (unpaired) electrons. The van der Waals surface area contributed by atoms with Crippen molar-refractivity contribution in [2.75, 3.05) is 54.9 Å². The number of alkyl carbamates (subject to hydrolysis) is 6. The third kappa shape index (κ3) is 47.3. The molecule has 816 valence electrons. The molecular formula is C90H138N12O43. The van der Waals surface area contributed by atoms with Crippen molar-refractivity contribution in [2.24, 2.45) is 43.8 Å². The van der Waals surface area contributed by atoms with Gasteiger partial charge in [-0.25, -0.2) is 67.7 Å². The van der Waals surface area contributed by atoms with Crippen molar-refractivity contribution < 1.29 is 206 Å². The number of azide groups is 1. The molecule has 0 aromatic rings. The highest BCUT2D eigenvalue weighted by atomic mass is 16.8. The van der Waals surface area contributed by atoms with Crippen LogP contribution in [0.4, 0.5) is 33.6 Å². The zero-order valence-electron chi connectivity index (χ0n) is 87.1. The first-order valence-electron chi connectivity index (χ1n) is 44.8. The number of rotatable bonds is 25. The zero-order chi connectivity index (χ0) is 111. The van der Waals surface area contributed by atoms with E-state index in [-0.39, 0.29) is 41.6 Å². The summed E-state index contributed by atoms with van der Waals surface area (Å²) in [5.74, 6) is -13.1. The highest BCUT2D eigenvalue weighted by Crippen LogP contribution is 2.37. The van der Waals surface area contributed by atoms with E-state index in [1.54, 1.807) is 152 Å². The van der Waals surface area contributed by atoms with Gasteiger partial charge in [0.1, 0.15) is 96.2 Å². The van der Waals surface area contributed by atoms with E-state index in [1.807, 2.05) is 0 Å². The summed E-state index contributed by atoms with van der Waals surface area (Å²) >= 11 is 0. The predicted octanol–water partition coefficient (Wildman–Crippen LogP) is 5.78. The van der Waals surface area contributed by atoms with Gasteiger partial charge in [-0.15, -0.1) is 0 Å². The monoisotopic (exact) mass is 2070 g/mol. The number of hydrogen-bond acceptors (Lipinski definition) is 47. The highest BCUT2D eigenvalue weighted by Gasteiger charge is 2.51. The summed E-state index contributed by atoms with van der Waals surface area (Å²) in [5, 5.41) is 58.1. The summed E-state index contributed by atoms with van der Waals surface area (Å²) in [5.41, 5.74) is 3.63. The van der Waals surface area contributed by atoms with Crippen LogP contribution in [0.1, 0.15) is 194 Å². The molecule has 1 fully saturated rings. The summed E-state index contributed by atoms with van der Waals surface area (Å²) in [7, 11) is 4.49. The summed E-state index contributed by atoms with van der Waals surface area (Å²) in [6.07, 6.45) is -17.0. The van der Waals surface area contributed by atoms with Crippen molar-refractivity contribution in [3.05, 3.63) is 57.8 Å². The van der Waals surface area contributed by atoms with Gasteiger partial charge in [0, 0.05) is 70.1 Å². The predicted molar refractivity (Wildman–Crippen MR) is 496 cm³/mol. The minimum absolute atomic E-state index is 0.219. The first-order valence-corrected chi connectivity index (χ1v) is 44.8. The minimum atomic E-state index is -1.60. The van der Waals surface area contributed by atoms with Crippen molar-refractivity contribution in [1.29, 1.82) is 0 Å². The number of cyclic esters (lactones) is 2. The number of nitrogens with zero attached hydrogens (tertiary/aromatic N) is 6. The number of aliphatic imine (C=N–C) groups is 3. The lowest BCUT2D eigenvalue weighted by atomic mass is 9.87. The molecule has 0 aliphatic carbocycles. The lowest BCUT2D eigenvalue weighted by Crippen LogP contribution is -2.53. The second kappa shape index (κ2) is 56.8. The quantitative estimate of drug-likeness (QED) is 0.00985. The van der Waals surface area contributed by atoms with Gasteiger partial charge in [-0.05, 0) is 154 Å². The Morgan fingerprint density at radius 2 is 0.634 bits per heavy atom. The van der Waals surface area contributed by atoms with E-state index >= 15 is 0 Å². The fourth-order valence-corrected chi connectivity index (χ4v) is 12.7. The number of hydrogen-bond donors (Lipinski definition) is 10. The van der Waals surface area contributed by atoms with Gasteiger partial charge >= 0.3 is 102 Å². The molecule has 10 N–H and O–H groups in total. The normalized spacial score (nSPS) is 21.8. The number of ether oxygens (including phenoxy) is 22. The SMILES string of the molecule is COC(=O)C1=C[C@H](N=C(NC(=O)OC(C)(C)C)NC(=O)OC(C)(C)C)[C@@H](C)[C@H]([C@H](O)[C@H](O)CO)O1.COC(=O)C1=C[C@H](N=C(NC(=O)OC(C)(C)C)NC(=O)OC(C)(C)C)[C@@H](C)[C@H]([C@H](O)[C@H]2COC(=O)O2)O1.COC(=O)C1=C[C@H](N=C(NC(=O)OC(C)(C)C)NC(=O)OC(C)(C)C)[C@@H](C)[C@H]([C@H](OC(C)=O)[C@@H](COC(C)=O)OC(C)=O)O1.COC(=O)C1=C[C@H](N=[N+]=[N-])[C@@H](C)[C@H]([C@H](OC(C)=O)[C@@H](COC(C)=O)OC(C)=O)O1. The number of methoxy groups -OCH3 is 4. The van der Waals surface area contributed by atoms with Crippen LogP contribution in [0.25, 0.3) is 10.4 Å². The molecule has 1 saturated heterocycles. The van der Waals surface area contributed by atoms with Crippen molar-refractivity contribution in [3.63, 3.8) is 0 Å². The number of esters is 10. The molecule has 0 saturated carbocycles. The molecule has 0 unspecified atom stereocenters. The van der Waals surface area contributed by atoms with Crippen LogP contribution in [0.2, 0.25) is 0 Å². The first kappa shape index (κ1) is 127. The minimum Gasteiger partial charge on any atom is -0.480 e. The molecule has 5 heterocycles. The van der Waals surface area contributed by atoms with Gasteiger partial charge in [-0.1, -0.05) is 32.8 Å². The Labute approximate surface area is 836 Å².